The maximum Gasteiger partial charge on any atom is 0.168 e. The summed E-state index contributed by atoms with van der Waals surface area (Å²) in [4.78, 5) is 2.57. The van der Waals surface area contributed by atoms with Gasteiger partial charge in [-0.2, -0.15) is 0 Å². The second-order valence-electron chi connectivity index (χ2n) is 7.44. The summed E-state index contributed by atoms with van der Waals surface area (Å²) in [6, 6.07) is 19.0. The monoisotopic (exact) mass is 336 g/mol. The van der Waals surface area contributed by atoms with Crippen LogP contribution in [0.5, 0.6) is 5.75 Å². The van der Waals surface area contributed by atoms with Crippen LogP contribution in [0, 0.1) is 0 Å². The molecule has 3 aliphatic heterocycles. The Morgan fingerprint density at radius 2 is 1.80 bits per heavy atom. The zero-order chi connectivity index (χ0) is 16.9. The average Bonchev–Trinajstić information content (AvgIpc) is 2.68. The van der Waals surface area contributed by atoms with E-state index in [0.717, 1.165) is 30.7 Å². The Kier molecular flexibility index (Phi) is 3.42. The lowest BCUT2D eigenvalue weighted by Gasteiger charge is -2.63. The molecule has 1 spiro atoms. The number of para-hydroxylation sites is 1. The molecule has 0 saturated carbocycles. The van der Waals surface area contributed by atoms with Gasteiger partial charge in [0.25, 0.3) is 0 Å². The van der Waals surface area contributed by atoms with Gasteiger partial charge in [-0.3, -0.25) is 10.6 Å². The van der Waals surface area contributed by atoms with Crippen molar-refractivity contribution in [3.05, 3.63) is 65.7 Å². The van der Waals surface area contributed by atoms with Gasteiger partial charge in [0.1, 0.15) is 17.9 Å². The Labute approximate surface area is 148 Å². The highest BCUT2D eigenvalue weighted by atomic mass is 16.5. The Hall–Kier alpha value is -1.88. The number of fused-ring (bicyclic) bond motifs is 2. The van der Waals surface area contributed by atoms with Gasteiger partial charge in [-0.15, -0.1) is 0 Å². The smallest absolute Gasteiger partial charge is 0.168 e. The molecular formula is C21H24N2O2. The molecule has 2 aromatic carbocycles. The highest BCUT2D eigenvalue weighted by Crippen LogP contribution is 2.54. The molecule has 3 heterocycles. The fourth-order valence-electron chi connectivity index (χ4n) is 4.98. The molecule has 5 rings (SSSR count). The third-order valence-electron chi connectivity index (χ3n) is 6.26. The van der Waals surface area contributed by atoms with E-state index >= 15 is 0 Å². The van der Waals surface area contributed by atoms with Gasteiger partial charge < -0.3 is 9.47 Å². The molecule has 25 heavy (non-hydrogen) atoms. The molecule has 0 aromatic heterocycles. The third-order valence-corrected chi connectivity index (χ3v) is 6.26. The molecule has 4 nitrogen and oxygen atoms in total. The van der Waals surface area contributed by atoms with Crippen molar-refractivity contribution in [1.82, 2.24) is 4.90 Å². The highest BCUT2D eigenvalue weighted by molar-refractivity contribution is 5.44. The first-order valence-electron chi connectivity index (χ1n) is 9.21. The lowest BCUT2D eigenvalue weighted by molar-refractivity contribution is -0.255. The van der Waals surface area contributed by atoms with Crippen LogP contribution in [0.3, 0.4) is 0 Å². The van der Waals surface area contributed by atoms with Gasteiger partial charge in [0, 0.05) is 5.56 Å². The number of nitrogens with two attached hydrogens (primary N) is 1. The quantitative estimate of drug-likeness (QED) is 0.869. The summed E-state index contributed by atoms with van der Waals surface area (Å²) in [5, 5.41) is 0. The van der Waals surface area contributed by atoms with E-state index in [1.807, 2.05) is 18.2 Å². The van der Waals surface area contributed by atoms with Gasteiger partial charge in [-0.25, -0.2) is 0 Å². The van der Waals surface area contributed by atoms with Gasteiger partial charge in [0.2, 0.25) is 0 Å². The topological polar surface area (TPSA) is 47.7 Å². The van der Waals surface area contributed by atoms with Crippen molar-refractivity contribution in [2.45, 2.75) is 36.6 Å². The van der Waals surface area contributed by atoms with Crippen LogP contribution in [0.25, 0.3) is 0 Å². The second-order valence-corrected chi connectivity index (χ2v) is 7.44. The van der Waals surface area contributed by atoms with E-state index < -0.39 is 5.72 Å². The van der Waals surface area contributed by atoms with Gasteiger partial charge in [-0.1, -0.05) is 55.0 Å². The predicted octanol–water partition coefficient (Wildman–Crippen LogP) is 3.19. The molecular weight excluding hydrogens is 312 g/mol. The van der Waals surface area contributed by atoms with Gasteiger partial charge >= 0.3 is 0 Å². The molecule has 2 N–H and O–H groups in total. The summed E-state index contributed by atoms with van der Waals surface area (Å²) in [7, 11) is 0. The molecule has 130 valence electrons. The number of hydrogen-bond acceptors (Lipinski definition) is 4. The van der Waals surface area contributed by atoms with E-state index in [-0.39, 0.29) is 11.6 Å². The van der Waals surface area contributed by atoms with Gasteiger partial charge in [0.05, 0.1) is 12.6 Å². The lowest BCUT2D eigenvalue weighted by atomic mass is 9.71. The minimum absolute atomic E-state index is 0.229. The maximum atomic E-state index is 7.02. The molecule has 2 aromatic rings. The van der Waals surface area contributed by atoms with Crippen LogP contribution in [-0.4, -0.2) is 30.2 Å². The SMILES string of the molecule is N[C@@]12OC[C@@H](c3ccccc3)N3CCCC[C@]31COc1ccccc12. The van der Waals surface area contributed by atoms with E-state index in [1.165, 1.54) is 12.0 Å². The normalized spacial score (nSPS) is 34.4. The molecule has 0 aliphatic carbocycles. The molecule has 0 unspecified atom stereocenters. The molecule has 0 amide bonds. The summed E-state index contributed by atoms with van der Waals surface area (Å²) >= 11 is 0. The van der Waals surface area contributed by atoms with E-state index in [0.29, 0.717) is 13.2 Å². The summed E-state index contributed by atoms with van der Waals surface area (Å²) in [5.41, 5.74) is 8.18. The van der Waals surface area contributed by atoms with Gasteiger partial charge in [-0.05, 0) is 31.0 Å². The fourth-order valence-corrected chi connectivity index (χ4v) is 4.98. The summed E-state index contributed by atoms with van der Waals surface area (Å²) in [6.07, 6.45) is 3.36. The van der Waals surface area contributed by atoms with Crippen LogP contribution in [0.15, 0.2) is 54.6 Å². The molecule has 2 fully saturated rings. The zero-order valence-electron chi connectivity index (χ0n) is 14.4. The van der Waals surface area contributed by atoms with E-state index in [1.54, 1.807) is 0 Å². The summed E-state index contributed by atoms with van der Waals surface area (Å²) in [5.74, 6) is 0.860. The van der Waals surface area contributed by atoms with Crippen molar-refractivity contribution in [3.8, 4) is 5.75 Å². The van der Waals surface area contributed by atoms with Crippen LogP contribution >= 0.6 is 0 Å². The number of morpholine rings is 1. The van der Waals surface area contributed by atoms with Crippen molar-refractivity contribution in [2.75, 3.05) is 19.8 Å². The zero-order valence-corrected chi connectivity index (χ0v) is 14.4. The van der Waals surface area contributed by atoms with Crippen LogP contribution in [0.1, 0.15) is 36.4 Å². The van der Waals surface area contributed by atoms with Gasteiger partial charge in [0.15, 0.2) is 5.72 Å². The Balaban J connectivity index is 1.63. The first-order chi connectivity index (χ1) is 12.2. The highest BCUT2D eigenvalue weighted by Gasteiger charge is 2.63. The Morgan fingerprint density at radius 3 is 2.68 bits per heavy atom. The standard InChI is InChI=1S/C21H24N2O2/c22-21-17-10-4-5-11-19(17)24-15-20(21)12-6-7-13-23(20)18(14-25-21)16-8-2-1-3-9-16/h1-5,8-11,18H,6-7,12-15,22H2/t18-,20+,21-/m0/s1. The van der Waals surface area contributed by atoms with Crippen LogP contribution < -0.4 is 10.5 Å². The van der Waals surface area contributed by atoms with E-state index in [2.05, 4.69) is 41.3 Å². The maximum absolute atomic E-state index is 7.02. The first kappa shape index (κ1) is 15.4. The first-order valence-corrected chi connectivity index (χ1v) is 9.21. The third kappa shape index (κ3) is 2.05. The predicted molar refractivity (Wildman–Crippen MR) is 96.2 cm³/mol. The Bertz CT molecular complexity index is 780. The molecule has 0 radical (unpaired) electrons. The number of piperidine rings is 1. The van der Waals surface area contributed by atoms with Crippen molar-refractivity contribution >= 4 is 0 Å². The summed E-state index contributed by atoms with van der Waals surface area (Å²) in [6.45, 7) is 2.23. The molecule has 3 aliphatic rings. The lowest BCUT2D eigenvalue weighted by Crippen LogP contribution is -2.76. The molecule has 2 saturated heterocycles. The number of nitrogens with zero attached hydrogens (tertiary/aromatic N) is 1. The van der Waals surface area contributed by atoms with Crippen molar-refractivity contribution in [3.63, 3.8) is 0 Å². The second kappa shape index (κ2) is 5.56. The summed E-state index contributed by atoms with van der Waals surface area (Å²) < 4.78 is 12.7. The number of benzene rings is 2. The van der Waals surface area contributed by atoms with Crippen molar-refractivity contribution < 1.29 is 9.47 Å². The van der Waals surface area contributed by atoms with Crippen LogP contribution in [0.2, 0.25) is 0 Å². The van der Waals surface area contributed by atoms with Crippen LogP contribution in [-0.2, 0) is 10.5 Å². The molecule has 4 heteroatoms. The van der Waals surface area contributed by atoms with Crippen molar-refractivity contribution in [1.29, 1.82) is 0 Å². The number of hydrogen-bond donors (Lipinski definition) is 1. The van der Waals surface area contributed by atoms with Crippen molar-refractivity contribution in [2.24, 2.45) is 5.73 Å². The Morgan fingerprint density at radius 1 is 1.00 bits per heavy atom. The van der Waals surface area contributed by atoms with E-state index in [9.17, 15) is 0 Å². The van der Waals surface area contributed by atoms with Crippen LogP contribution in [0.4, 0.5) is 0 Å². The minimum atomic E-state index is -0.812. The molecule has 0 bridgehead atoms. The van der Waals surface area contributed by atoms with E-state index in [4.69, 9.17) is 15.2 Å². The minimum Gasteiger partial charge on any atom is -0.491 e. The largest absolute Gasteiger partial charge is 0.491 e. The number of rotatable bonds is 1. The molecule has 3 atom stereocenters. The average molecular weight is 336 g/mol. The fraction of sp³-hybridized carbons (Fsp3) is 0.429. The number of ether oxygens (including phenoxy) is 2.